The number of hydrogen-bond acceptors (Lipinski definition) is 2. The van der Waals surface area contributed by atoms with Gasteiger partial charge in [-0.2, -0.15) is 0 Å². The number of nitrogens with zero attached hydrogens (tertiary/aromatic N) is 1. The molecule has 2 fully saturated rings. The monoisotopic (exact) mass is 225 g/mol. The lowest BCUT2D eigenvalue weighted by molar-refractivity contribution is -0.138. The molecule has 1 heterocycles. The van der Waals surface area contributed by atoms with Crippen molar-refractivity contribution in [3.63, 3.8) is 0 Å². The Morgan fingerprint density at radius 3 is 2.38 bits per heavy atom. The van der Waals surface area contributed by atoms with E-state index >= 15 is 0 Å². The quantitative estimate of drug-likeness (QED) is 0.781. The second-order valence-corrected chi connectivity index (χ2v) is 5.39. The molecule has 0 aromatic carbocycles. The van der Waals surface area contributed by atoms with E-state index in [2.05, 4.69) is 11.8 Å². The molecule has 2 aliphatic rings. The summed E-state index contributed by atoms with van der Waals surface area (Å²) in [5.41, 5.74) is 0. The van der Waals surface area contributed by atoms with Crippen molar-refractivity contribution in [1.82, 2.24) is 4.90 Å². The Balaban J connectivity index is 1.77. The van der Waals surface area contributed by atoms with Gasteiger partial charge in [-0.1, -0.05) is 6.92 Å². The molecule has 1 N–H and O–H groups in total. The average Bonchev–Trinajstić information content (AvgIpc) is 3.05. The third-order valence-corrected chi connectivity index (χ3v) is 4.17. The molecule has 16 heavy (non-hydrogen) atoms. The fourth-order valence-electron chi connectivity index (χ4n) is 3.11. The highest BCUT2D eigenvalue weighted by Gasteiger charge is 2.35. The van der Waals surface area contributed by atoms with Crippen LogP contribution in [0, 0.1) is 11.8 Å². The van der Waals surface area contributed by atoms with Gasteiger partial charge in [-0.05, 0) is 57.0 Å². The maximum Gasteiger partial charge on any atom is 0.303 e. The zero-order valence-electron chi connectivity index (χ0n) is 10.2. The van der Waals surface area contributed by atoms with Gasteiger partial charge in [0, 0.05) is 12.5 Å². The topological polar surface area (TPSA) is 40.5 Å². The summed E-state index contributed by atoms with van der Waals surface area (Å²) in [7, 11) is 0. The minimum atomic E-state index is -0.632. The summed E-state index contributed by atoms with van der Waals surface area (Å²) in [5.74, 6) is 0.735. The van der Waals surface area contributed by atoms with Crippen molar-refractivity contribution >= 4 is 5.97 Å². The Morgan fingerprint density at radius 1 is 1.31 bits per heavy atom. The zero-order chi connectivity index (χ0) is 11.5. The lowest BCUT2D eigenvalue weighted by Gasteiger charge is -2.37. The van der Waals surface area contributed by atoms with Gasteiger partial charge in [0.05, 0.1) is 0 Å². The Labute approximate surface area is 97.8 Å². The van der Waals surface area contributed by atoms with E-state index in [4.69, 9.17) is 5.11 Å². The molecule has 3 nitrogen and oxygen atoms in total. The molecule has 1 atom stereocenters. The standard InChI is InChI=1S/C13H23NO2/c1-2-12(11-3-4-11)14-7-5-10(6-8-14)9-13(15)16/h10-12H,2-9H2,1H3,(H,15,16). The molecule has 0 spiro atoms. The minimum absolute atomic E-state index is 0.369. The first-order valence-electron chi connectivity index (χ1n) is 6.66. The molecule has 1 aliphatic carbocycles. The average molecular weight is 225 g/mol. The van der Waals surface area contributed by atoms with E-state index in [0.717, 1.165) is 37.9 Å². The SMILES string of the molecule is CCC(C1CC1)N1CCC(CC(=O)O)CC1. The highest BCUT2D eigenvalue weighted by molar-refractivity contribution is 5.67. The molecule has 2 rings (SSSR count). The number of piperidine rings is 1. The molecule has 3 heteroatoms. The van der Waals surface area contributed by atoms with E-state index in [-0.39, 0.29) is 0 Å². The van der Waals surface area contributed by atoms with Crippen LogP contribution in [0.4, 0.5) is 0 Å². The van der Waals surface area contributed by atoms with Gasteiger partial charge in [0.2, 0.25) is 0 Å². The lowest BCUT2D eigenvalue weighted by atomic mass is 9.92. The van der Waals surface area contributed by atoms with Crippen LogP contribution >= 0.6 is 0 Å². The van der Waals surface area contributed by atoms with Crippen LogP contribution < -0.4 is 0 Å². The number of likely N-dealkylation sites (tertiary alicyclic amines) is 1. The lowest BCUT2D eigenvalue weighted by Crippen LogP contribution is -2.42. The minimum Gasteiger partial charge on any atom is -0.481 e. The highest BCUT2D eigenvalue weighted by atomic mass is 16.4. The van der Waals surface area contributed by atoms with Crippen molar-refractivity contribution in [2.75, 3.05) is 13.1 Å². The smallest absolute Gasteiger partial charge is 0.303 e. The second kappa shape index (κ2) is 5.17. The van der Waals surface area contributed by atoms with Gasteiger partial charge < -0.3 is 10.0 Å². The molecule has 1 aliphatic heterocycles. The van der Waals surface area contributed by atoms with E-state index in [1.807, 2.05) is 0 Å². The predicted molar refractivity (Wildman–Crippen MR) is 63.4 cm³/mol. The van der Waals surface area contributed by atoms with Crippen molar-refractivity contribution < 1.29 is 9.90 Å². The van der Waals surface area contributed by atoms with Gasteiger partial charge in [0.1, 0.15) is 0 Å². The molecule has 0 amide bonds. The summed E-state index contributed by atoms with van der Waals surface area (Å²) < 4.78 is 0. The number of carboxylic acid groups (broad SMARTS) is 1. The summed E-state index contributed by atoms with van der Waals surface area (Å²) >= 11 is 0. The highest BCUT2D eigenvalue weighted by Crippen LogP contribution is 2.38. The van der Waals surface area contributed by atoms with E-state index < -0.39 is 5.97 Å². The molecule has 0 aromatic heterocycles. The first-order chi connectivity index (χ1) is 7.70. The van der Waals surface area contributed by atoms with E-state index in [1.54, 1.807) is 0 Å². The summed E-state index contributed by atoms with van der Waals surface area (Å²) in [6.07, 6.45) is 6.61. The molecule has 0 bridgehead atoms. The van der Waals surface area contributed by atoms with Gasteiger partial charge in [-0.15, -0.1) is 0 Å². The maximum absolute atomic E-state index is 10.6. The number of carbonyl (C=O) groups is 1. The van der Waals surface area contributed by atoms with Crippen LogP contribution in [0.1, 0.15) is 45.4 Å². The largest absolute Gasteiger partial charge is 0.481 e. The van der Waals surface area contributed by atoms with E-state index in [1.165, 1.54) is 19.3 Å². The molecule has 1 saturated heterocycles. The number of rotatable bonds is 5. The van der Waals surface area contributed by atoms with Crippen LogP contribution in [0.3, 0.4) is 0 Å². The van der Waals surface area contributed by atoms with Crippen molar-refractivity contribution in [1.29, 1.82) is 0 Å². The number of aliphatic carboxylic acids is 1. The van der Waals surface area contributed by atoms with Crippen LogP contribution in [-0.4, -0.2) is 35.1 Å². The first kappa shape index (κ1) is 11.9. The fourth-order valence-corrected chi connectivity index (χ4v) is 3.11. The van der Waals surface area contributed by atoms with Crippen LogP contribution in [0.25, 0.3) is 0 Å². The molecule has 1 saturated carbocycles. The molecule has 1 unspecified atom stereocenters. The van der Waals surface area contributed by atoms with Crippen LogP contribution in [0.2, 0.25) is 0 Å². The molecular formula is C13H23NO2. The van der Waals surface area contributed by atoms with Crippen molar-refractivity contribution in [3.05, 3.63) is 0 Å². The summed E-state index contributed by atoms with van der Waals surface area (Å²) in [6, 6.07) is 0.783. The third-order valence-electron chi connectivity index (χ3n) is 4.17. The summed E-state index contributed by atoms with van der Waals surface area (Å²) in [6.45, 7) is 4.52. The predicted octanol–water partition coefficient (Wildman–Crippen LogP) is 2.36. The Kier molecular flexibility index (Phi) is 3.85. The van der Waals surface area contributed by atoms with Crippen LogP contribution in [0.15, 0.2) is 0 Å². The molecule has 0 radical (unpaired) electrons. The van der Waals surface area contributed by atoms with Crippen LogP contribution in [0.5, 0.6) is 0 Å². The van der Waals surface area contributed by atoms with Gasteiger partial charge >= 0.3 is 5.97 Å². The number of hydrogen-bond donors (Lipinski definition) is 1. The maximum atomic E-state index is 10.6. The van der Waals surface area contributed by atoms with Gasteiger partial charge in [-0.25, -0.2) is 0 Å². The van der Waals surface area contributed by atoms with E-state index in [0.29, 0.717) is 12.3 Å². The molecule has 92 valence electrons. The van der Waals surface area contributed by atoms with Crippen molar-refractivity contribution in [2.24, 2.45) is 11.8 Å². The van der Waals surface area contributed by atoms with Gasteiger partial charge in [0.25, 0.3) is 0 Å². The normalized spacial score (nSPS) is 25.6. The van der Waals surface area contributed by atoms with E-state index in [9.17, 15) is 4.79 Å². The summed E-state index contributed by atoms with van der Waals surface area (Å²) in [5, 5.41) is 8.77. The zero-order valence-corrected chi connectivity index (χ0v) is 10.2. The Hall–Kier alpha value is -0.570. The van der Waals surface area contributed by atoms with Gasteiger partial charge in [0.15, 0.2) is 0 Å². The second-order valence-electron chi connectivity index (χ2n) is 5.39. The van der Waals surface area contributed by atoms with Crippen LogP contribution in [-0.2, 0) is 4.79 Å². The fraction of sp³-hybridized carbons (Fsp3) is 0.923. The van der Waals surface area contributed by atoms with Gasteiger partial charge in [-0.3, -0.25) is 4.79 Å². The van der Waals surface area contributed by atoms with Crippen molar-refractivity contribution in [3.8, 4) is 0 Å². The number of carboxylic acids is 1. The third kappa shape index (κ3) is 2.97. The Morgan fingerprint density at radius 2 is 1.94 bits per heavy atom. The Bertz CT molecular complexity index is 242. The molecular weight excluding hydrogens is 202 g/mol. The molecule has 0 aromatic rings. The first-order valence-corrected chi connectivity index (χ1v) is 6.66. The van der Waals surface area contributed by atoms with Crippen molar-refractivity contribution in [2.45, 2.75) is 51.5 Å². The summed E-state index contributed by atoms with van der Waals surface area (Å²) in [4.78, 5) is 13.3.